The average molecular weight is 395 g/mol. The van der Waals surface area contributed by atoms with Crippen LogP contribution in [0.25, 0.3) is 0 Å². The van der Waals surface area contributed by atoms with E-state index in [1.165, 1.54) is 29.2 Å². The second kappa shape index (κ2) is 8.72. The highest BCUT2D eigenvalue weighted by Crippen LogP contribution is 2.40. The van der Waals surface area contributed by atoms with Crippen LogP contribution in [0.3, 0.4) is 0 Å². The van der Waals surface area contributed by atoms with E-state index in [4.69, 9.17) is 0 Å². The van der Waals surface area contributed by atoms with E-state index in [9.17, 15) is 19.2 Å². The fraction of sp³-hybridized carbons (Fsp3) is 0.190. The smallest absolute Gasteiger partial charge is 0.264 e. The van der Waals surface area contributed by atoms with Crippen molar-refractivity contribution in [3.8, 4) is 6.07 Å². The molecule has 1 aliphatic heterocycles. The summed E-state index contributed by atoms with van der Waals surface area (Å²) in [6.07, 6.45) is 0.630. The number of nitrogens with one attached hydrogen (secondary N) is 1. The quantitative estimate of drug-likeness (QED) is 0.622. The fourth-order valence-electron chi connectivity index (χ4n) is 2.81. The second-order valence-electron chi connectivity index (χ2n) is 6.19. The van der Waals surface area contributed by atoms with Gasteiger partial charge in [0, 0.05) is 12.2 Å². The van der Waals surface area contributed by atoms with Gasteiger partial charge in [-0.05, 0) is 43.2 Å². The number of rotatable bonds is 5. The zero-order valence-corrected chi connectivity index (χ0v) is 16.0. The van der Waals surface area contributed by atoms with Gasteiger partial charge in [0.05, 0.1) is 5.25 Å². The highest BCUT2D eigenvalue weighted by molar-refractivity contribution is 8.05. The zero-order chi connectivity index (χ0) is 20.1. The van der Waals surface area contributed by atoms with Crippen LogP contribution >= 0.6 is 11.8 Å². The monoisotopic (exact) mass is 395 g/mol. The van der Waals surface area contributed by atoms with E-state index in [-0.39, 0.29) is 16.5 Å². The molecule has 7 heteroatoms. The van der Waals surface area contributed by atoms with E-state index in [0.29, 0.717) is 18.7 Å². The molecule has 1 aliphatic rings. The van der Waals surface area contributed by atoms with Crippen molar-refractivity contribution in [2.45, 2.75) is 18.6 Å². The van der Waals surface area contributed by atoms with Gasteiger partial charge < -0.3 is 5.32 Å². The van der Waals surface area contributed by atoms with E-state index in [2.05, 4.69) is 5.32 Å². The van der Waals surface area contributed by atoms with Gasteiger partial charge in [-0.15, -0.1) is 0 Å². The molecular weight excluding hydrogens is 377 g/mol. The van der Waals surface area contributed by atoms with E-state index < -0.39 is 17.0 Å². The molecular formula is C21H18FN3O2S. The Hall–Kier alpha value is -3.11. The number of carbonyl (C=O) groups is 2. The molecule has 1 saturated heterocycles. The van der Waals surface area contributed by atoms with Crippen LogP contribution in [0.5, 0.6) is 0 Å². The maximum Gasteiger partial charge on any atom is 0.264 e. The molecule has 2 aromatic rings. The standard InChI is InChI=1S/C21H18FN3O2S/c1-14-20(27)25(17-9-7-16(22)8-10-17)21(28-14)18(13-23)19(26)24-12-11-15-5-3-2-4-6-15/h2-10,14H,11-12H2,1H3,(H,24,26)/b21-18+. The molecule has 3 rings (SSSR count). The third kappa shape index (κ3) is 4.24. The maximum atomic E-state index is 13.2. The highest BCUT2D eigenvalue weighted by atomic mass is 32.2. The molecule has 1 fully saturated rings. The largest absolute Gasteiger partial charge is 0.351 e. The van der Waals surface area contributed by atoms with Crippen molar-refractivity contribution >= 4 is 29.3 Å². The van der Waals surface area contributed by atoms with Crippen LogP contribution in [-0.2, 0) is 16.0 Å². The molecule has 0 aromatic heterocycles. The fourth-order valence-corrected chi connectivity index (χ4v) is 3.91. The number of halogens is 1. The number of anilines is 1. The van der Waals surface area contributed by atoms with Gasteiger partial charge in [-0.3, -0.25) is 14.5 Å². The van der Waals surface area contributed by atoms with Gasteiger partial charge in [-0.1, -0.05) is 42.1 Å². The normalized spacial score (nSPS) is 18.0. The first-order valence-corrected chi connectivity index (χ1v) is 9.62. The molecule has 0 radical (unpaired) electrons. The molecule has 28 heavy (non-hydrogen) atoms. The summed E-state index contributed by atoms with van der Waals surface area (Å²) in [7, 11) is 0. The van der Waals surface area contributed by atoms with Crippen LogP contribution in [0.4, 0.5) is 10.1 Å². The summed E-state index contributed by atoms with van der Waals surface area (Å²) in [5.41, 5.74) is 1.36. The van der Waals surface area contributed by atoms with Gasteiger partial charge >= 0.3 is 0 Å². The topological polar surface area (TPSA) is 73.2 Å². The van der Waals surface area contributed by atoms with E-state index in [1.54, 1.807) is 6.92 Å². The highest BCUT2D eigenvalue weighted by Gasteiger charge is 2.38. The number of thioether (sulfide) groups is 1. The van der Waals surface area contributed by atoms with Crippen molar-refractivity contribution in [3.05, 3.63) is 76.6 Å². The van der Waals surface area contributed by atoms with Crippen molar-refractivity contribution in [1.29, 1.82) is 5.26 Å². The van der Waals surface area contributed by atoms with Crippen molar-refractivity contribution in [2.24, 2.45) is 0 Å². The Morgan fingerprint density at radius 1 is 1.21 bits per heavy atom. The molecule has 1 atom stereocenters. The van der Waals surface area contributed by atoms with E-state index in [0.717, 1.165) is 17.3 Å². The lowest BCUT2D eigenvalue weighted by molar-refractivity contribution is -0.117. The Bertz CT molecular complexity index is 952. The van der Waals surface area contributed by atoms with Crippen LogP contribution in [-0.4, -0.2) is 23.6 Å². The molecule has 5 nitrogen and oxygen atoms in total. The van der Waals surface area contributed by atoms with E-state index >= 15 is 0 Å². The summed E-state index contributed by atoms with van der Waals surface area (Å²) in [6, 6.07) is 17.0. The molecule has 0 spiro atoms. The van der Waals surface area contributed by atoms with Gasteiger partial charge in [0.15, 0.2) is 0 Å². The summed E-state index contributed by atoms with van der Waals surface area (Å²) in [5.74, 6) is -1.22. The summed E-state index contributed by atoms with van der Waals surface area (Å²) in [5, 5.41) is 12.1. The minimum atomic E-state index is -0.532. The van der Waals surface area contributed by atoms with Crippen LogP contribution in [0.15, 0.2) is 65.2 Å². The number of carbonyl (C=O) groups excluding carboxylic acids is 2. The van der Waals surface area contributed by atoms with E-state index in [1.807, 2.05) is 36.4 Å². The Kier molecular flexibility index (Phi) is 6.12. The molecule has 1 N–H and O–H groups in total. The number of amides is 2. The van der Waals surface area contributed by atoms with Crippen LogP contribution < -0.4 is 10.2 Å². The first-order chi connectivity index (χ1) is 13.5. The maximum absolute atomic E-state index is 13.2. The summed E-state index contributed by atoms with van der Waals surface area (Å²) < 4.78 is 13.2. The van der Waals surface area contributed by atoms with Gasteiger partial charge in [0.1, 0.15) is 22.5 Å². The minimum Gasteiger partial charge on any atom is -0.351 e. The van der Waals surface area contributed by atoms with Crippen molar-refractivity contribution < 1.29 is 14.0 Å². The Morgan fingerprint density at radius 3 is 2.54 bits per heavy atom. The van der Waals surface area contributed by atoms with Crippen LogP contribution in [0.1, 0.15) is 12.5 Å². The van der Waals surface area contributed by atoms with Gasteiger partial charge in [0.25, 0.3) is 5.91 Å². The Morgan fingerprint density at radius 2 is 1.89 bits per heavy atom. The van der Waals surface area contributed by atoms with Gasteiger partial charge in [-0.2, -0.15) is 5.26 Å². The second-order valence-corrected chi connectivity index (χ2v) is 7.52. The van der Waals surface area contributed by atoms with Crippen LogP contribution in [0.2, 0.25) is 0 Å². The van der Waals surface area contributed by atoms with Gasteiger partial charge in [-0.25, -0.2) is 4.39 Å². The summed E-state index contributed by atoms with van der Waals surface area (Å²) >= 11 is 1.15. The molecule has 0 aliphatic carbocycles. The number of hydrogen-bond donors (Lipinski definition) is 1. The van der Waals surface area contributed by atoms with Crippen LogP contribution in [0, 0.1) is 17.1 Å². The lowest BCUT2D eigenvalue weighted by Gasteiger charge is -2.18. The van der Waals surface area contributed by atoms with Crippen molar-refractivity contribution in [1.82, 2.24) is 5.32 Å². The molecule has 0 bridgehead atoms. The molecule has 1 heterocycles. The molecule has 0 saturated carbocycles. The Labute approximate surface area is 166 Å². The summed E-state index contributed by atoms with van der Waals surface area (Å²) in [4.78, 5) is 26.5. The predicted molar refractivity (Wildman–Crippen MR) is 107 cm³/mol. The molecule has 2 aromatic carbocycles. The first kappa shape index (κ1) is 19.6. The zero-order valence-electron chi connectivity index (χ0n) is 15.2. The lowest BCUT2D eigenvalue weighted by atomic mass is 10.1. The Balaban J connectivity index is 1.82. The number of benzene rings is 2. The predicted octanol–water partition coefficient (Wildman–Crippen LogP) is 3.39. The summed E-state index contributed by atoms with van der Waals surface area (Å²) in [6.45, 7) is 2.07. The molecule has 2 amide bonds. The number of nitriles is 1. The lowest BCUT2D eigenvalue weighted by Crippen LogP contribution is -2.31. The number of nitrogens with zero attached hydrogens (tertiary/aromatic N) is 2. The SMILES string of the molecule is CC1S/C(=C(\C#N)C(=O)NCCc2ccccc2)N(c2ccc(F)cc2)C1=O. The first-order valence-electron chi connectivity index (χ1n) is 8.74. The number of hydrogen-bond acceptors (Lipinski definition) is 4. The molecule has 1 unspecified atom stereocenters. The molecule has 142 valence electrons. The van der Waals surface area contributed by atoms with Gasteiger partial charge in [0.2, 0.25) is 5.91 Å². The average Bonchev–Trinajstić information content (AvgIpc) is 2.98. The third-order valence-electron chi connectivity index (χ3n) is 4.24. The minimum absolute atomic E-state index is 0.125. The van der Waals surface area contributed by atoms with Crippen molar-refractivity contribution in [2.75, 3.05) is 11.4 Å². The van der Waals surface area contributed by atoms with Crippen molar-refractivity contribution in [3.63, 3.8) is 0 Å². The third-order valence-corrected chi connectivity index (χ3v) is 5.40.